The molecule has 0 fully saturated rings. The van der Waals surface area contributed by atoms with Crippen molar-refractivity contribution >= 4 is 40.0 Å². The van der Waals surface area contributed by atoms with Crippen LogP contribution in [0.4, 0.5) is 0 Å². The molecule has 17 heteroatoms. The van der Waals surface area contributed by atoms with E-state index in [1.807, 2.05) is 72.8 Å². The van der Waals surface area contributed by atoms with Crippen molar-refractivity contribution in [3.05, 3.63) is 87.8 Å². The van der Waals surface area contributed by atoms with Gasteiger partial charge in [0.1, 0.15) is 53.4 Å². The molecule has 4 N–H and O–H groups in total. The second kappa shape index (κ2) is 36.2. The molecule has 76 heavy (non-hydrogen) atoms. The van der Waals surface area contributed by atoms with Gasteiger partial charge in [0.15, 0.2) is 0 Å². The van der Waals surface area contributed by atoms with Gasteiger partial charge in [0.2, 0.25) is 0 Å². The second-order valence-electron chi connectivity index (χ2n) is 19.4. The maximum atomic E-state index is 11.0. The number of ether oxygens (including phenoxy) is 3. The van der Waals surface area contributed by atoms with Crippen LogP contribution in [-0.4, -0.2) is 82.3 Å². The van der Waals surface area contributed by atoms with Crippen LogP contribution in [0.25, 0.3) is 31.7 Å². The summed E-state index contributed by atoms with van der Waals surface area (Å²) >= 11 is 4.96. The summed E-state index contributed by atoms with van der Waals surface area (Å²) in [5.41, 5.74) is 2.95. The van der Waals surface area contributed by atoms with Gasteiger partial charge in [0, 0.05) is 42.4 Å². The van der Waals surface area contributed by atoms with Gasteiger partial charge in [-0.25, -0.2) is 0 Å². The van der Waals surface area contributed by atoms with Gasteiger partial charge in [-0.2, -0.15) is 0 Å². The third-order valence-electron chi connectivity index (χ3n) is 12.8. The normalized spacial score (nSPS) is 11.5. The SMILES string of the molecule is CCCCCCCc1nnc(-c2ccc(OC(CCCCCCCCCC(=O)O)(Oc3ccc(-c4nnc(CCCCCCC)s4)cc3)Oc3ccc(-c4nnc(CCCCCCC)s4)cc3)cc2)s1.OCC(O)CO. The van der Waals surface area contributed by atoms with E-state index in [0.717, 1.165) is 124 Å². The standard InChI is InChI=1S/C56H76N6O5S3.C3H8O3/c1-4-7-10-16-21-26-49-57-60-53(68-49)43-30-36-46(37-31-43)65-56(42-25-20-15-13-14-19-24-29-52(63)64,66-47-38-32-44(33-39-47)54-61-58-50(69-54)27-22-17-11-8-5-2)67-48-40-34-45(35-41-48)55-62-59-51(70-55)28-23-18-12-9-6-3;4-1-3(6)2-5/h30-41H,4-29,42H2,1-3H3,(H,63,64);3-6H,1-2H2. The van der Waals surface area contributed by atoms with E-state index in [0.29, 0.717) is 30.1 Å². The topological polar surface area (TPSA) is 203 Å². The van der Waals surface area contributed by atoms with Crippen molar-refractivity contribution in [2.24, 2.45) is 0 Å². The molecule has 3 heterocycles. The molecule has 0 atom stereocenters. The lowest BCUT2D eigenvalue weighted by Crippen LogP contribution is -2.48. The Balaban J connectivity index is 0.00000168. The number of rotatable bonds is 39. The van der Waals surface area contributed by atoms with Crippen LogP contribution in [0.2, 0.25) is 0 Å². The largest absolute Gasteiger partial charge is 0.481 e. The third-order valence-corrected chi connectivity index (χ3v) is 15.9. The summed E-state index contributed by atoms with van der Waals surface area (Å²) in [6.07, 6.45) is 27.3. The summed E-state index contributed by atoms with van der Waals surface area (Å²) in [6, 6.07) is 23.9. The quantitative estimate of drug-likeness (QED) is 0.0210. The summed E-state index contributed by atoms with van der Waals surface area (Å²) in [5.74, 6) is -0.473. The number of aliphatic hydroxyl groups is 3. The number of aliphatic hydroxyl groups excluding tert-OH is 3. The molecule has 0 saturated carbocycles. The van der Waals surface area contributed by atoms with Crippen molar-refractivity contribution in [1.82, 2.24) is 30.6 Å². The van der Waals surface area contributed by atoms with Gasteiger partial charge in [0.05, 0.1) is 19.6 Å². The molecule has 0 saturated heterocycles. The maximum absolute atomic E-state index is 11.0. The van der Waals surface area contributed by atoms with Gasteiger partial charge in [-0.3, -0.25) is 4.79 Å². The Bertz CT molecular complexity index is 2210. The Morgan fingerprint density at radius 1 is 0.447 bits per heavy atom. The van der Waals surface area contributed by atoms with Crippen LogP contribution in [0.5, 0.6) is 17.2 Å². The van der Waals surface area contributed by atoms with Gasteiger partial charge < -0.3 is 34.6 Å². The lowest BCUT2D eigenvalue weighted by molar-refractivity contribution is -0.257. The number of aryl methyl sites for hydroxylation is 3. The minimum absolute atomic E-state index is 0.223. The van der Waals surface area contributed by atoms with Crippen LogP contribution < -0.4 is 14.2 Å². The summed E-state index contributed by atoms with van der Waals surface area (Å²) in [6.45, 7) is 5.99. The first-order valence-corrected chi connectivity index (χ1v) is 30.6. The average Bonchev–Trinajstić information content (AvgIpc) is 4.24. The van der Waals surface area contributed by atoms with Crippen LogP contribution >= 0.6 is 34.0 Å². The molecule has 6 aromatic rings. The molecule has 6 rings (SSSR count). The molecular formula is C59H84N6O8S3. The fourth-order valence-electron chi connectivity index (χ4n) is 8.36. The molecule has 416 valence electrons. The van der Waals surface area contributed by atoms with Crippen LogP contribution in [0, 0.1) is 0 Å². The van der Waals surface area contributed by atoms with Crippen LogP contribution in [0.15, 0.2) is 72.8 Å². The maximum Gasteiger partial charge on any atom is 0.417 e. The number of carboxylic acids is 1. The Labute approximate surface area is 463 Å². The van der Waals surface area contributed by atoms with Crippen LogP contribution in [0.3, 0.4) is 0 Å². The fraction of sp³-hybridized carbons (Fsp3) is 0.576. The highest BCUT2D eigenvalue weighted by molar-refractivity contribution is 7.15. The predicted molar refractivity (Wildman–Crippen MR) is 307 cm³/mol. The summed E-state index contributed by atoms with van der Waals surface area (Å²) < 4.78 is 20.9. The fourth-order valence-corrected chi connectivity index (χ4v) is 11.0. The number of hydrogen-bond donors (Lipinski definition) is 4. The number of carboxylic acid groups (broad SMARTS) is 1. The molecule has 0 spiro atoms. The zero-order chi connectivity index (χ0) is 54.1. The second-order valence-corrected chi connectivity index (χ2v) is 22.6. The first-order valence-electron chi connectivity index (χ1n) is 28.1. The zero-order valence-corrected chi connectivity index (χ0v) is 47.8. The lowest BCUT2D eigenvalue weighted by Gasteiger charge is -2.34. The summed E-state index contributed by atoms with van der Waals surface area (Å²) in [7, 11) is 0. The van der Waals surface area contributed by atoms with Crippen molar-refractivity contribution in [3.8, 4) is 49.0 Å². The van der Waals surface area contributed by atoms with Crippen molar-refractivity contribution in [3.63, 3.8) is 0 Å². The van der Waals surface area contributed by atoms with Crippen LogP contribution in [0.1, 0.15) is 190 Å². The Kier molecular flexibility index (Phi) is 29.5. The Hall–Kier alpha value is -4.91. The molecule has 0 amide bonds. The monoisotopic (exact) mass is 1100 g/mol. The minimum Gasteiger partial charge on any atom is -0.481 e. The number of hydrogen-bond acceptors (Lipinski definition) is 16. The Morgan fingerprint density at radius 2 is 0.750 bits per heavy atom. The predicted octanol–water partition coefficient (Wildman–Crippen LogP) is 14.9. The van der Waals surface area contributed by atoms with E-state index >= 15 is 0 Å². The number of carbonyl (C=O) groups is 1. The van der Waals surface area contributed by atoms with E-state index < -0.39 is 18.0 Å². The van der Waals surface area contributed by atoms with E-state index in [1.165, 1.54) is 77.0 Å². The molecule has 3 aromatic carbocycles. The molecule has 0 radical (unpaired) electrons. The van der Waals surface area contributed by atoms with Crippen molar-refractivity contribution in [2.45, 2.75) is 206 Å². The zero-order valence-electron chi connectivity index (χ0n) is 45.3. The molecule has 0 aliphatic carbocycles. The third kappa shape index (κ3) is 23.4. The van der Waals surface area contributed by atoms with Crippen molar-refractivity contribution in [2.75, 3.05) is 13.2 Å². The van der Waals surface area contributed by atoms with Gasteiger partial charge >= 0.3 is 11.9 Å². The van der Waals surface area contributed by atoms with Crippen LogP contribution in [-0.2, 0) is 24.1 Å². The number of benzene rings is 3. The first-order chi connectivity index (χ1) is 37.2. The average molecular weight is 1100 g/mol. The van der Waals surface area contributed by atoms with E-state index in [4.69, 9.17) is 34.6 Å². The smallest absolute Gasteiger partial charge is 0.417 e. The van der Waals surface area contributed by atoms with E-state index in [-0.39, 0.29) is 19.6 Å². The summed E-state index contributed by atoms with van der Waals surface area (Å²) in [5, 5.41) is 66.2. The molecular weight excluding hydrogens is 1020 g/mol. The highest BCUT2D eigenvalue weighted by atomic mass is 32.1. The molecule has 3 aromatic heterocycles. The van der Waals surface area contributed by atoms with E-state index in [9.17, 15) is 4.79 Å². The number of aromatic nitrogens is 6. The highest BCUT2D eigenvalue weighted by Crippen LogP contribution is 2.36. The molecule has 14 nitrogen and oxygen atoms in total. The van der Waals surface area contributed by atoms with Gasteiger partial charge in [-0.05, 0) is 105 Å². The van der Waals surface area contributed by atoms with Gasteiger partial charge in [-0.15, -0.1) is 30.6 Å². The minimum atomic E-state index is -1.54. The highest BCUT2D eigenvalue weighted by Gasteiger charge is 2.39. The van der Waals surface area contributed by atoms with E-state index in [1.54, 1.807) is 34.0 Å². The van der Waals surface area contributed by atoms with Gasteiger partial charge in [-0.1, -0.05) is 164 Å². The molecule has 0 aliphatic rings. The molecule has 0 aliphatic heterocycles. The number of aliphatic carboxylic acids is 1. The first kappa shape index (κ1) is 61.9. The molecule has 0 unspecified atom stereocenters. The Morgan fingerprint density at radius 3 is 1.05 bits per heavy atom. The molecule has 0 bridgehead atoms. The summed E-state index contributed by atoms with van der Waals surface area (Å²) in [4.78, 5) is 11.0. The number of nitrogens with zero attached hydrogens (tertiary/aromatic N) is 6. The number of unbranched alkanes of at least 4 members (excludes halogenated alkanes) is 18. The van der Waals surface area contributed by atoms with Crippen molar-refractivity contribution < 1.29 is 39.4 Å². The van der Waals surface area contributed by atoms with E-state index in [2.05, 4.69) is 51.4 Å². The lowest BCUT2D eigenvalue weighted by atomic mass is 10.1. The van der Waals surface area contributed by atoms with Crippen molar-refractivity contribution in [1.29, 1.82) is 0 Å². The van der Waals surface area contributed by atoms with Gasteiger partial charge in [0.25, 0.3) is 0 Å².